The summed E-state index contributed by atoms with van der Waals surface area (Å²) < 4.78 is 0. The predicted octanol–water partition coefficient (Wildman–Crippen LogP) is 5.15. The van der Waals surface area contributed by atoms with Crippen molar-refractivity contribution < 1.29 is 34.8 Å². The molecule has 0 spiro atoms. The van der Waals surface area contributed by atoms with E-state index in [4.69, 9.17) is 0 Å². The number of carbonyl (C=O) groups excluding carboxylic acids is 3. The number of benzene rings is 2. The maximum Gasteiger partial charge on any atom is 0.203 e. The molecule has 1 saturated carbocycles. The van der Waals surface area contributed by atoms with E-state index in [1.807, 2.05) is 24.3 Å². The summed E-state index contributed by atoms with van der Waals surface area (Å²) in [4.78, 5) is 40.5. The number of hydrogen-bond acceptors (Lipinski definition) is 7. The van der Waals surface area contributed by atoms with E-state index in [-0.39, 0.29) is 35.6 Å². The molecule has 0 bridgehead atoms. The summed E-state index contributed by atoms with van der Waals surface area (Å²) in [7, 11) is 0. The molecule has 7 heteroatoms. The van der Waals surface area contributed by atoms with Gasteiger partial charge in [-0.15, -0.1) is 0 Å². The third-order valence-electron chi connectivity index (χ3n) is 9.56. The summed E-state index contributed by atoms with van der Waals surface area (Å²) in [6, 6.07) is 10.9. The van der Waals surface area contributed by atoms with Gasteiger partial charge in [0.15, 0.2) is 17.2 Å². The number of phenolic OH excluding ortho intramolecular Hbond substituents is 1. The molecule has 0 saturated heterocycles. The first-order valence-electron chi connectivity index (χ1n) is 14.3. The second kappa shape index (κ2) is 9.71. The molecule has 0 radical (unpaired) electrons. The number of aliphatic hydroxyl groups excluding tert-OH is 2. The standard InChI is InChI=1S/C35H36O7/c1-7-20-9-8-10-21(15-20)11-12-22-13-14-24(37)26-23(22)16-33(5)17-34(6)27(18(2)3)29(38)25(19(4)36)31(40)35(34,42)32(41)28(33)30(26)39/h8-10,13-15,18,27,37,39-40,42H,7,16-17H2,1-6H3/t27?,33-,34-,35+/m1/s1. The van der Waals surface area contributed by atoms with Gasteiger partial charge in [-0.25, -0.2) is 0 Å². The summed E-state index contributed by atoms with van der Waals surface area (Å²) in [5.74, 6) is 0.917. The molecule has 0 aromatic heterocycles. The lowest BCUT2D eigenvalue weighted by Crippen LogP contribution is -2.69. The third kappa shape index (κ3) is 3.89. The second-order valence-corrected chi connectivity index (χ2v) is 12.8. The van der Waals surface area contributed by atoms with Crippen LogP contribution in [0.15, 0.2) is 53.3 Å². The van der Waals surface area contributed by atoms with Crippen LogP contribution in [0.3, 0.4) is 0 Å². The molecule has 1 unspecified atom stereocenters. The Kier molecular flexibility index (Phi) is 6.78. The zero-order valence-corrected chi connectivity index (χ0v) is 24.8. The van der Waals surface area contributed by atoms with Gasteiger partial charge >= 0.3 is 0 Å². The SMILES string of the molecule is CCc1cccc(C#Cc2ccc(O)c3c2C[C@]2(C)C[C@]4(C)C(C(C)C)C(=O)C(C(C)=O)=C(O)[C@]4(O)C(=O)C2=C3O)c1. The molecule has 5 rings (SSSR count). The van der Waals surface area contributed by atoms with Gasteiger partial charge in [-0.05, 0) is 67.5 Å². The maximum absolute atomic E-state index is 14.4. The fourth-order valence-electron chi connectivity index (χ4n) is 7.84. The van der Waals surface area contributed by atoms with Gasteiger partial charge in [-0.1, -0.05) is 58.6 Å². The van der Waals surface area contributed by atoms with Gasteiger partial charge in [0.05, 0.1) is 5.56 Å². The Bertz CT molecular complexity index is 1700. The molecule has 0 heterocycles. The largest absolute Gasteiger partial charge is 0.508 e. The molecular weight excluding hydrogens is 532 g/mol. The number of phenols is 1. The second-order valence-electron chi connectivity index (χ2n) is 12.8. The normalized spacial score (nSPS) is 28.6. The van der Waals surface area contributed by atoms with E-state index in [9.17, 15) is 34.8 Å². The van der Waals surface area contributed by atoms with Gasteiger partial charge in [0.1, 0.15) is 22.8 Å². The highest BCUT2D eigenvalue weighted by molar-refractivity contribution is 6.24. The number of aryl methyl sites for hydroxylation is 1. The number of hydrogen-bond donors (Lipinski definition) is 4. The van der Waals surface area contributed by atoms with Crippen molar-refractivity contribution in [1.82, 2.24) is 0 Å². The lowest BCUT2D eigenvalue weighted by atomic mass is 9.43. The van der Waals surface area contributed by atoms with E-state index in [0.29, 0.717) is 11.1 Å². The zero-order chi connectivity index (χ0) is 30.9. The molecule has 4 atom stereocenters. The highest BCUT2D eigenvalue weighted by Crippen LogP contribution is 2.65. The van der Waals surface area contributed by atoms with Crippen molar-refractivity contribution >= 4 is 23.1 Å². The Balaban J connectivity index is 1.75. The summed E-state index contributed by atoms with van der Waals surface area (Å²) in [6.45, 7) is 10.1. The molecule has 2 aromatic rings. The van der Waals surface area contributed by atoms with Crippen LogP contribution in [0.5, 0.6) is 5.75 Å². The van der Waals surface area contributed by atoms with Crippen LogP contribution in [0, 0.1) is 34.5 Å². The van der Waals surface area contributed by atoms with Crippen molar-refractivity contribution in [2.75, 3.05) is 0 Å². The fourth-order valence-corrected chi connectivity index (χ4v) is 7.84. The van der Waals surface area contributed by atoms with Gasteiger partial charge in [-0.3, -0.25) is 14.4 Å². The van der Waals surface area contributed by atoms with Crippen molar-refractivity contribution in [3.8, 4) is 17.6 Å². The quantitative estimate of drug-likeness (QED) is 0.297. The van der Waals surface area contributed by atoms with E-state index < -0.39 is 56.8 Å². The van der Waals surface area contributed by atoms with Gasteiger partial charge in [-0.2, -0.15) is 0 Å². The third-order valence-corrected chi connectivity index (χ3v) is 9.56. The average Bonchev–Trinajstić information content (AvgIpc) is 2.90. The minimum absolute atomic E-state index is 0.0337. The number of aromatic hydroxyl groups is 1. The maximum atomic E-state index is 14.4. The molecule has 4 N–H and O–H groups in total. The number of Topliss-reactive ketones (excluding diaryl/α,β-unsaturated/α-hetero) is 3. The Morgan fingerprint density at radius 1 is 1.07 bits per heavy atom. The molecule has 218 valence electrons. The van der Waals surface area contributed by atoms with Crippen LogP contribution in [-0.2, 0) is 27.2 Å². The first-order chi connectivity index (χ1) is 19.6. The summed E-state index contributed by atoms with van der Waals surface area (Å²) in [5, 5.41) is 45.9. The van der Waals surface area contributed by atoms with Gasteiger partial charge < -0.3 is 20.4 Å². The van der Waals surface area contributed by atoms with Crippen molar-refractivity contribution in [1.29, 1.82) is 0 Å². The average molecular weight is 569 g/mol. The Morgan fingerprint density at radius 2 is 1.76 bits per heavy atom. The number of rotatable bonds is 3. The molecule has 3 aliphatic rings. The van der Waals surface area contributed by atoms with Crippen molar-refractivity contribution in [3.63, 3.8) is 0 Å². The number of carbonyl (C=O) groups is 3. The first kappa shape index (κ1) is 29.3. The zero-order valence-electron chi connectivity index (χ0n) is 24.8. The number of allylic oxidation sites excluding steroid dienone is 1. The Labute approximate surface area is 245 Å². The lowest BCUT2D eigenvalue weighted by molar-refractivity contribution is -0.178. The molecular formula is C35H36O7. The smallest absolute Gasteiger partial charge is 0.203 e. The first-order valence-corrected chi connectivity index (χ1v) is 14.3. The van der Waals surface area contributed by atoms with Crippen molar-refractivity contribution in [2.24, 2.45) is 22.7 Å². The van der Waals surface area contributed by atoms with Gasteiger partial charge in [0.2, 0.25) is 5.78 Å². The van der Waals surface area contributed by atoms with Crippen molar-refractivity contribution in [3.05, 3.63) is 81.1 Å². The fraction of sp³-hybridized carbons (Fsp3) is 0.400. The van der Waals surface area contributed by atoms with E-state index in [1.54, 1.807) is 33.8 Å². The molecule has 3 aliphatic carbocycles. The molecule has 1 fully saturated rings. The number of fused-ring (bicyclic) bond motifs is 3. The molecule has 2 aromatic carbocycles. The Hall–Kier alpha value is -4.15. The lowest BCUT2D eigenvalue weighted by Gasteiger charge is -2.59. The van der Waals surface area contributed by atoms with Crippen LogP contribution in [0.25, 0.3) is 5.76 Å². The highest BCUT2D eigenvalue weighted by atomic mass is 16.3. The predicted molar refractivity (Wildman–Crippen MR) is 158 cm³/mol. The van der Waals surface area contributed by atoms with Crippen LogP contribution in [0.1, 0.15) is 75.8 Å². The van der Waals surface area contributed by atoms with Crippen LogP contribution in [0.4, 0.5) is 0 Å². The number of ketones is 3. The van der Waals surface area contributed by atoms with Crippen LogP contribution in [-0.4, -0.2) is 43.4 Å². The van der Waals surface area contributed by atoms with E-state index in [2.05, 4.69) is 18.8 Å². The van der Waals surface area contributed by atoms with Crippen molar-refractivity contribution in [2.45, 2.75) is 66.4 Å². The molecule has 0 aliphatic heterocycles. The van der Waals surface area contributed by atoms with Gasteiger partial charge in [0, 0.05) is 33.4 Å². The van der Waals surface area contributed by atoms with E-state index >= 15 is 0 Å². The molecule has 0 amide bonds. The van der Waals surface area contributed by atoms with Gasteiger partial charge in [0.25, 0.3) is 0 Å². The van der Waals surface area contributed by atoms with E-state index in [0.717, 1.165) is 24.5 Å². The number of aliphatic hydroxyl groups is 3. The molecule has 7 nitrogen and oxygen atoms in total. The van der Waals surface area contributed by atoms with E-state index in [1.165, 1.54) is 6.07 Å². The minimum Gasteiger partial charge on any atom is -0.508 e. The topological polar surface area (TPSA) is 132 Å². The summed E-state index contributed by atoms with van der Waals surface area (Å²) in [5.41, 5.74) is -2.86. The summed E-state index contributed by atoms with van der Waals surface area (Å²) in [6.07, 6.45) is 1.07. The summed E-state index contributed by atoms with van der Waals surface area (Å²) >= 11 is 0. The minimum atomic E-state index is -2.63. The molecule has 42 heavy (non-hydrogen) atoms. The highest BCUT2D eigenvalue weighted by Gasteiger charge is 2.72. The van der Waals surface area contributed by atoms with Crippen LogP contribution in [0.2, 0.25) is 0 Å². The Morgan fingerprint density at radius 3 is 2.38 bits per heavy atom. The monoisotopic (exact) mass is 568 g/mol. The van der Waals surface area contributed by atoms with Crippen LogP contribution >= 0.6 is 0 Å². The van der Waals surface area contributed by atoms with Crippen LogP contribution < -0.4 is 0 Å².